The molecule has 2 saturated heterocycles. The maximum Gasteiger partial charge on any atom is 0.0337 e. The van der Waals surface area contributed by atoms with Gasteiger partial charge in [0.1, 0.15) is 0 Å². The van der Waals surface area contributed by atoms with Crippen LogP contribution in [0.3, 0.4) is 0 Å². The molecular formula is C14H27N3. The van der Waals surface area contributed by atoms with E-state index in [1.54, 1.807) is 0 Å². The fourth-order valence-electron chi connectivity index (χ4n) is 4.53. The van der Waals surface area contributed by atoms with Gasteiger partial charge in [-0.25, -0.2) is 0 Å². The number of nitrogens with two attached hydrogens (primary N) is 1. The van der Waals surface area contributed by atoms with Crippen molar-refractivity contribution in [1.82, 2.24) is 9.80 Å². The van der Waals surface area contributed by atoms with Crippen LogP contribution in [0.2, 0.25) is 0 Å². The molecule has 17 heavy (non-hydrogen) atoms. The molecule has 3 fully saturated rings. The Labute approximate surface area is 105 Å². The van der Waals surface area contributed by atoms with Crippen molar-refractivity contribution in [2.45, 2.75) is 56.7 Å². The van der Waals surface area contributed by atoms with Crippen LogP contribution in [0.5, 0.6) is 0 Å². The normalized spacial score (nSPS) is 47.8. The average molecular weight is 237 g/mol. The van der Waals surface area contributed by atoms with Gasteiger partial charge in [-0.3, -0.25) is 9.80 Å². The third kappa shape index (κ3) is 1.83. The summed E-state index contributed by atoms with van der Waals surface area (Å²) in [6.07, 6.45) is 6.81. The molecule has 3 nitrogen and oxygen atoms in total. The van der Waals surface area contributed by atoms with Gasteiger partial charge in [-0.05, 0) is 45.1 Å². The van der Waals surface area contributed by atoms with Gasteiger partial charge < -0.3 is 5.73 Å². The highest BCUT2D eigenvalue weighted by Crippen LogP contribution is 2.43. The molecule has 3 rings (SSSR count). The van der Waals surface area contributed by atoms with Crippen LogP contribution < -0.4 is 5.73 Å². The summed E-state index contributed by atoms with van der Waals surface area (Å²) in [4.78, 5) is 5.37. The van der Waals surface area contributed by atoms with Crippen LogP contribution in [0, 0.1) is 5.92 Å². The van der Waals surface area contributed by atoms with Crippen molar-refractivity contribution < 1.29 is 0 Å². The Morgan fingerprint density at radius 1 is 1.18 bits per heavy atom. The molecule has 0 aromatic rings. The van der Waals surface area contributed by atoms with Gasteiger partial charge in [-0.15, -0.1) is 0 Å². The summed E-state index contributed by atoms with van der Waals surface area (Å²) < 4.78 is 0. The van der Waals surface area contributed by atoms with E-state index in [1.807, 2.05) is 0 Å². The number of hydrogen-bond acceptors (Lipinski definition) is 3. The zero-order valence-electron chi connectivity index (χ0n) is 11.4. The molecule has 0 radical (unpaired) electrons. The maximum atomic E-state index is 6.09. The van der Waals surface area contributed by atoms with Crippen molar-refractivity contribution in [2.24, 2.45) is 11.7 Å². The molecule has 0 aromatic carbocycles. The van der Waals surface area contributed by atoms with Crippen LogP contribution in [0.4, 0.5) is 0 Å². The lowest BCUT2D eigenvalue weighted by molar-refractivity contribution is -0.0173. The molecule has 2 N–H and O–H groups in total. The minimum absolute atomic E-state index is 0.366. The number of likely N-dealkylation sites (tertiary alicyclic amines) is 1. The smallest absolute Gasteiger partial charge is 0.0337 e. The molecule has 2 unspecified atom stereocenters. The largest absolute Gasteiger partial charge is 0.329 e. The van der Waals surface area contributed by atoms with E-state index in [2.05, 4.69) is 23.8 Å². The van der Waals surface area contributed by atoms with E-state index in [4.69, 9.17) is 5.73 Å². The Morgan fingerprint density at radius 2 is 1.88 bits per heavy atom. The van der Waals surface area contributed by atoms with Crippen molar-refractivity contribution in [3.05, 3.63) is 0 Å². The minimum atomic E-state index is 0.366. The predicted octanol–water partition coefficient (Wildman–Crippen LogP) is 1.28. The molecule has 1 saturated carbocycles. The Kier molecular flexibility index (Phi) is 2.96. The SMILES string of the molecule is CC1CC(CN)(N2CCC3CCC(C2)N3C)C1. The van der Waals surface area contributed by atoms with Gasteiger partial charge >= 0.3 is 0 Å². The van der Waals surface area contributed by atoms with Gasteiger partial charge in [-0.2, -0.15) is 0 Å². The van der Waals surface area contributed by atoms with Crippen LogP contribution in [-0.4, -0.2) is 54.1 Å². The molecule has 2 atom stereocenters. The second-order valence-corrected chi connectivity index (χ2v) is 6.73. The first-order valence-electron chi connectivity index (χ1n) is 7.32. The van der Waals surface area contributed by atoms with Crippen molar-refractivity contribution in [1.29, 1.82) is 0 Å². The lowest BCUT2D eigenvalue weighted by Gasteiger charge is -2.54. The summed E-state index contributed by atoms with van der Waals surface area (Å²) in [5, 5.41) is 0. The summed E-state index contributed by atoms with van der Waals surface area (Å²) in [6, 6.07) is 1.64. The standard InChI is InChI=1S/C14H27N3/c1-11-7-14(8-11,10-15)17-6-5-12-3-4-13(9-17)16(12)2/h11-13H,3-10,15H2,1-2H3. The molecule has 2 aliphatic heterocycles. The predicted molar refractivity (Wildman–Crippen MR) is 70.9 cm³/mol. The van der Waals surface area contributed by atoms with E-state index in [-0.39, 0.29) is 0 Å². The number of nitrogens with zero attached hydrogens (tertiary/aromatic N) is 2. The van der Waals surface area contributed by atoms with E-state index < -0.39 is 0 Å². The number of likely N-dealkylation sites (N-methyl/N-ethyl adjacent to an activating group) is 1. The van der Waals surface area contributed by atoms with Crippen LogP contribution >= 0.6 is 0 Å². The van der Waals surface area contributed by atoms with E-state index in [0.717, 1.165) is 24.5 Å². The molecule has 2 heterocycles. The molecule has 2 bridgehead atoms. The fourth-order valence-corrected chi connectivity index (χ4v) is 4.53. The summed E-state index contributed by atoms with van der Waals surface area (Å²) in [5.41, 5.74) is 6.46. The van der Waals surface area contributed by atoms with Crippen molar-refractivity contribution in [3.63, 3.8) is 0 Å². The van der Waals surface area contributed by atoms with E-state index >= 15 is 0 Å². The van der Waals surface area contributed by atoms with Crippen LogP contribution in [0.15, 0.2) is 0 Å². The zero-order chi connectivity index (χ0) is 12.0. The third-order valence-corrected chi connectivity index (χ3v) is 5.66. The zero-order valence-corrected chi connectivity index (χ0v) is 11.4. The highest BCUT2D eigenvalue weighted by Gasteiger charge is 2.48. The monoisotopic (exact) mass is 237 g/mol. The summed E-state index contributed by atoms with van der Waals surface area (Å²) >= 11 is 0. The van der Waals surface area contributed by atoms with E-state index in [0.29, 0.717) is 5.54 Å². The first-order valence-corrected chi connectivity index (χ1v) is 7.32. The second kappa shape index (κ2) is 4.22. The first-order chi connectivity index (χ1) is 8.14. The van der Waals surface area contributed by atoms with Crippen LogP contribution in [0.25, 0.3) is 0 Å². The number of hydrogen-bond donors (Lipinski definition) is 1. The Hall–Kier alpha value is -0.120. The molecule has 0 aromatic heterocycles. The third-order valence-electron chi connectivity index (χ3n) is 5.66. The van der Waals surface area contributed by atoms with E-state index in [1.165, 1.54) is 45.2 Å². The van der Waals surface area contributed by atoms with Crippen LogP contribution in [-0.2, 0) is 0 Å². The lowest BCUT2D eigenvalue weighted by atomic mass is 9.67. The fraction of sp³-hybridized carbons (Fsp3) is 1.00. The highest BCUT2D eigenvalue weighted by molar-refractivity contribution is 5.05. The Bertz CT molecular complexity index is 285. The van der Waals surface area contributed by atoms with Gasteiger partial charge in [0.15, 0.2) is 0 Å². The Balaban J connectivity index is 1.72. The van der Waals surface area contributed by atoms with Gasteiger partial charge in [-0.1, -0.05) is 6.92 Å². The van der Waals surface area contributed by atoms with Crippen LogP contribution in [0.1, 0.15) is 39.0 Å². The summed E-state index contributed by atoms with van der Waals surface area (Å²) in [6.45, 7) is 5.76. The van der Waals surface area contributed by atoms with Gasteiger partial charge in [0.2, 0.25) is 0 Å². The quantitative estimate of drug-likeness (QED) is 0.785. The molecule has 0 amide bonds. The second-order valence-electron chi connectivity index (χ2n) is 6.73. The molecule has 98 valence electrons. The molecular weight excluding hydrogens is 210 g/mol. The molecule has 3 aliphatic rings. The summed E-state index contributed by atoms with van der Waals surface area (Å²) in [7, 11) is 2.32. The molecule has 3 heteroatoms. The summed E-state index contributed by atoms with van der Waals surface area (Å²) in [5.74, 6) is 0.886. The average Bonchev–Trinajstić information content (AvgIpc) is 2.49. The minimum Gasteiger partial charge on any atom is -0.329 e. The van der Waals surface area contributed by atoms with Gasteiger partial charge in [0, 0.05) is 37.3 Å². The maximum absolute atomic E-state index is 6.09. The Morgan fingerprint density at radius 3 is 2.53 bits per heavy atom. The van der Waals surface area contributed by atoms with Crippen molar-refractivity contribution in [2.75, 3.05) is 26.7 Å². The number of rotatable bonds is 2. The van der Waals surface area contributed by atoms with Crippen molar-refractivity contribution in [3.8, 4) is 0 Å². The highest BCUT2D eigenvalue weighted by atomic mass is 15.3. The van der Waals surface area contributed by atoms with Crippen molar-refractivity contribution >= 4 is 0 Å². The first kappa shape index (κ1) is 11.9. The molecule has 0 spiro atoms. The topological polar surface area (TPSA) is 32.5 Å². The van der Waals surface area contributed by atoms with Gasteiger partial charge in [0.25, 0.3) is 0 Å². The van der Waals surface area contributed by atoms with E-state index in [9.17, 15) is 0 Å². The molecule has 1 aliphatic carbocycles. The lowest BCUT2D eigenvalue weighted by Crippen LogP contribution is -2.62. The van der Waals surface area contributed by atoms with Gasteiger partial charge in [0.05, 0.1) is 0 Å². The number of fused-ring (bicyclic) bond motifs is 2.